The summed E-state index contributed by atoms with van der Waals surface area (Å²) in [5.41, 5.74) is 0.293. The quantitative estimate of drug-likeness (QED) is 0.844. The average Bonchev–Trinajstić information content (AvgIpc) is 2.13. The van der Waals surface area contributed by atoms with Gasteiger partial charge in [-0.3, -0.25) is 4.79 Å². The van der Waals surface area contributed by atoms with Gasteiger partial charge in [0, 0.05) is 24.5 Å². The minimum absolute atomic E-state index is 0.134. The molecule has 0 atom stereocenters. The molecule has 1 aromatic heterocycles. The van der Waals surface area contributed by atoms with Crippen LogP contribution in [0.15, 0.2) is 17.1 Å². The van der Waals surface area contributed by atoms with Gasteiger partial charge in [-0.15, -0.1) is 0 Å². The molecular weight excluding hydrogens is 206 g/mol. The first-order valence-corrected chi connectivity index (χ1v) is 5.52. The molecular formula is C12H15NO3. The van der Waals surface area contributed by atoms with Crippen molar-refractivity contribution in [3.8, 4) is 0 Å². The molecule has 4 nitrogen and oxygen atoms in total. The molecule has 0 aliphatic heterocycles. The predicted molar refractivity (Wildman–Crippen MR) is 59.7 cm³/mol. The number of aryl methyl sites for hydroxylation is 1. The van der Waals surface area contributed by atoms with E-state index in [1.807, 2.05) is 11.5 Å². The van der Waals surface area contributed by atoms with Gasteiger partial charge in [0.05, 0.1) is 0 Å². The fourth-order valence-corrected chi connectivity index (χ4v) is 1.98. The first-order valence-electron chi connectivity index (χ1n) is 5.52. The van der Waals surface area contributed by atoms with Crippen LogP contribution >= 0.6 is 0 Å². The fourth-order valence-electron chi connectivity index (χ4n) is 1.98. The van der Waals surface area contributed by atoms with Crippen LogP contribution in [0.25, 0.3) is 0 Å². The number of hydrogen-bond acceptors (Lipinski definition) is 2. The van der Waals surface area contributed by atoms with Crippen LogP contribution in [0, 0.1) is 12.8 Å². The third-order valence-electron chi connectivity index (χ3n) is 3.25. The maximum Gasteiger partial charge on any atom is 0.341 e. The lowest BCUT2D eigenvalue weighted by molar-refractivity contribution is 0.0694. The number of carboxylic acids is 1. The zero-order chi connectivity index (χ0) is 11.7. The lowest BCUT2D eigenvalue weighted by Gasteiger charge is -2.27. The van der Waals surface area contributed by atoms with Gasteiger partial charge in [-0.25, -0.2) is 4.79 Å². The van der Waals surface area contributed by atoms with Gasteiger partial charge in [0.1, 0.15) is 5.56 Å². The highest BCUT2D eigenvalue weighted by Crippen LogP contribution is 2.28. The zero-order valence-electron chi connectivity index (χ0n) is 9.27. The molecule has 0 spiro atoms. The molecule has 0 aromatic carbocycles. The number of aromatic nitrogens is 1. The monoisotopic (exact) mass is 221 g/mol. The van der Waals surface area contributed by atoms with E-state index in [0.29, 0.717) is 5.92 Å². The number of rotatable bonds is 3. The summed E-state index contributed by atoms with van der Waals surface area (Å²) in [7, 11) is 0. The molecule has 1 heterocycles. The predicted octanol–water partition coefficient (Wildman–Crippen LogP) is 1.66. The molecule has 1 aromatic rings. The van der Waals surface area contributed by atoms with E-state index in [-0.39, 0.29) is 5.56 Å². The lowest BCUT2D eigenvalue weighted by Crippen LogP contribution is -2.23. The molecule has 2 rings (SSSR count). The summed E-state index contributed by atoms with van der Waals surface area (Å²) in [4.78, 5) is 22.3. The Kier molecular flexibility index (Phi) is 2.81. The van der Waals surface area contributed by atoms with E-state index in [9.17, 15) is 9.59 Å². The normalized spacial score (nSPS) is 15.8. The molecule has 0 amide bonds. The van der Waals surface area contributed by atoms with Gasteiger partial charge in [0.25, 0.3) is 0 Å². The smallest absolute Gasteiger partial charge is 0.341 e. The summed E-state index contributed by atoms with van der Waals surface area (Å²) >= 11 is 0. The molecule has 1 aliphatic carbocycles. The van der Waals surface area contributed by atoms with E-state index < -0.39 is 11.4 Å². The van der Waals surface area contributed by atoms with Crippen molar-refractivity contribution in [2.45, 2.75) is 32.7 Å². The van der Waals surface area contributed by atoms with E-state index in [0.717, 1.165) is 12.2 Å². The topological polar surface area (TPSA) is 59.3 Å². The second-order valence-electron chi connectivity index (χ2n) is 4.45. The molecule has 86 valence electrons. The Morgan fingerprint density at radius 3 is 2.75 bits per heavy atom. The van der Waals surface area contributed by atoms with Crippen LogP contribution in [-0.4, -0.2) is 15.6 Å². The number of aromatic carboxylic acids is 1. The van der Waals surface area contributed by atoms with E-state index in [2.05, 4.69) is 0 Å². The fraction of sp³-hybridized carbons (Fsp3) is 0.500. The Labute approximate surface area is 93.5 Å². The molecule has 1 N–H and O–H groups in total. The Bertz CT molecular complexity index is 472. The van der Waals surface area contributed by atoms with Crippen molar-refractivity contribution in [3.63, 3.8) is 0 Å². The molecule has 4 heteroatoms. The number of carboxylic acid groups (broad SMARTS) is 1. The Balaban J connectivity index is 2.32. The summed E-state index contributed by atoms with van der Waals surface area (Å²) in [6, 6.07) is 1.40. The van der Waals surface area contributed by atoms with Crippen LogP contribution in [0.5, 0.6) is 0 Å². The van der Waals surface area contributed by atoms with Gasteiger partial charge in [0.2, 0.25) is 0 Å². The average molecular weight is 221 g/mol. The molecule has 1 aliphatic rings. The van der Waals surface area contributed by atoms with Gasteiger partial charge in [-0.2, -0.15) is 0 Å². The minimum atomic E-state index is -1.15. The van der Waals surface area contributed by atoms with Gasteiger partial charge in [-0.1, -0.05) is 6.42 Å². The van der Waals surface area contributed by atoms with Crippen LogP contribution in [0.2, 0.25) is 0 Å². The number of carbonyl (C=O) groups is 1. The number of hydrogen-bond donors (Lipinski definition) is 1. The van der Waals surface area contributed by atoms with Crippen LogP contribution < -0.4 is 5.43 Å². The Morgan fingerprint density at radius 2 is 2.25 bits per heavy atom. The maximum absolute atomic E-state index is 11.4. The van der Waals surface area contributed by atoms with Crippen molar-refractivity contribution in [1.82, 2.24) is 4.57 Å². The van der Waals surface area contributed by atoms with Crippen LogP contribution in [0.1, 0.15) is 35.3 Å². The van der Waals surface area contributed by atoms with E-state index in [1.54, 1.807) is 0 Å². The van der Waals surface area contributed by atoms with E-state index >= 15 is 0 Å². The van der Waals surface area contributed by atoms with E-state index in [4.69, 9.17) is 5.11 Å². The summed E-state index contributed by atoms with van der Waals surface area (Å²) in [6.07, 6.45) is 5.13. The van der Waals surface area contributed by atoms with Crippen molar-refractivity contribution in [2.24, 2.45) is 5.92 Å². The summed E-state index contributed by atoms with van der Waals surface area (Å²) in [5, 5.41) is 8.87. The Morgan fingerprint density at radius 1 is 1.56 bits per heavy atom. The number of nitrogens with zero attached hydrogens (tertiary/aromatic N) is 1. The van der Waals surface area contributed by atoms with E-state index in [1.165, 1.54) is 31.5 Å². The third kappa shape index (κ3) is 2.01. The maximum atomic E-state index is 11.4. The van der Waals surface area contributed by atoms with Crippen molar-refractivity contribution < 1.29 is 9.90 Å². The third-order valence-corrected chi connectivity index (χ3v) is 3.25. The highest BCUT2D eigenvalue weighted by atomic mass is 16.4. The second-order valence-corrected chi connectivity index (χ2v) is 4.45. The summed E-state index contributed by atoms with van der Waals surface area (Å²) in [6.45, 7) is 2.66. The molecule has 1 saturated carbocycles. The minimum Gasteiger partial charge on any atom is -0.477 e. The lowest BCUT2D eigenvalue weighted by atomic mass is 9.85. The first-order chi connectivity index (χ1) is 7.58. The zero-order valence-corrected chi connectivity index (χ0v) is 9.27. The number of pyridine rings is 1. The molecule has 16 heavy (non-hydrogen) atoms. The largest absolute Gasteiger partial charge is 0.477 e. The standard InChI is InChI=1S/C12H15NO3/c1-8-5-11(14)10(12(15)16)7-13(8)6-9-3-2-4-9/h5,7,9H,2-4,6H2,1H3,(H,15,16). The highest BCUT2D eigenvalue weighted by molar-refractivity contribution is 5.87. The Hall–Kier alpha value is -1.58. The van der Waals surface area contributed by atoms with Crippen LogP contribution in [0.3, 0.4) is 0 Å². The van der Waals surface area contributed by atoms with Crippen LogP contribution in [-0.2, 0) is 6.54 Å². The summed E-state index contributed by atoms with van der Waals surface area (Å²) < 4.78 is 1.88. The van der Waals surface area contributed by atoms with Gasteiger partial charge in [-0.05, 0) is 25.7 Å². The SMILES string of the molecule is Cc1cc(=O)c(C(=O)O)cn1CC1CCC1. The van der Waals surface area contributed by atoms with Crippen LogP contribution in [0.4, 0.5) is 0 Å². The van der Waals surface area contributed by atoms with Gasteiger partial charge >= 0.3 is 5.97 Å². The molecule has 0 unspecified atom stereocenters. The first kappa shape index (κ1) is 10.9. The van der Waals surface area contributed by atoms with Crippen molar-refractivity contribution in [2.75, 3.05) is 0 Å². The van der Waals surface area contributed by atoms with Crippen molar-refractivity contribution in [1.29, 1.82) is 0 Å². The molecule has 0 bridgehead atoms. The van der Waals surface area contributed by atoms with Crippen molar-refractivity contribution in [3.05, 3.63) is 33.7 Å². The molecule has 0 saturated heterocycles. The molecule has 1 fully saturated rings. The highest BCUT2D eigenvalue weighted by Gasteiger charge is 2.19. The van der Waals surface area contributed by atoms with Crippen molar-refractivity contribution >= 4 is 5.97 Å². The van der Waals surface area contributed by atoms with Gasteiger partial charge < -0.3 is 9.67 Å². The van der Waals surface area contributed by atoms with Gasteiger partial charge in [0.15, 0.2) is 5.43 Å². The molecule has 0 radical (unpaired) electrons. The second kappa shape index (κ2) is 4.12. The summed E-state index contributed by atoms with van der Waals surface area (Å²) in [5.74, 6) is -0.504.